The molecule has 6 nitrogen and oxygen atoms in total. The highest BCUT2D eigenvalue weighted by molar-refractivity contribution is 5.71. The van der Waals surface area contributed by atoms with Gasteiger partial charge in [0.15, 0.2) is 6.10 Å². The summed E-state index contributed by atoms with van der Waals surface area (Å²) in [5.74, 6) is -0.946. The zero-order valence-electron chi connectivity index (χ0n) is 43.4. The number of carbonyl (C=O) groups excluding carboxylic acids is 3. The summed E-state index contributed by atoms with van der Waals surface area (Å²) >= 11 is 0. The van der Waals surface area contributed by atoms with Crippen molar-refractivity contribution in [1.82, 2.24) is 0 Å². The van der Waals surface area contributed by atoms with E-state index in [-0.39, 0.29) is 37.5 Å². The van der Waals surface area contributed by atoms with Crippen LogP contribution in [0.1, 0.15) is 271 Å². The summed E-state index contributed by atoms with van der Waals surface area (Å²) < 4.78 is 16.8. The molecule has 0 spiro atoms. The van der Waals surface area contributed by atoms with Gasteiger partial charge in [0, 0.05) is 19.3 Å². The van der Waals surface area contributed by atoms with E-state index in [1.54, 1.807) is 0 Å². The summed E-state index contributed by atoms with van der Waals surface area (Å²) in [6, 6.07) is 0. The van der Waals surface area contributed by atoms with E-state index < -0.39 is 6.10 Å². The molecule has 0 unspecified atom stereocenters. The van der Waals surface area contributed by atoms with Crippen molar-refractivity contribution in [2.75, 3.05) is 13.2 Å². The molecule has 0 fully saturated rings. The van der Waals surface area contributed by atoms with Gasteiger partial charge in [-0.3, -0.25) is 14.4 Å². The summed E-state index contributed by atoms with van der Waals surface area (Å²) in [7, 11) is 0. The van der Waals surface area contributed by atoms with E-state index in [1.807, 2.05) is 0 Å². The first-order valence-corrected chi connectivity index (χ1v) is 27.9. The fourth-order valence-electron chi connectivity index (χ4n) is 7.72. The minimum atomic E-state index is -0.802. The second kappa shape index (κ2) is 54.5. The molecular weight excluding hydrogens is 817 g/mol. The summed E-state index contributed by atoms with van der Waals surface area (Å²) in [6.07, 6.45) is 68.9. The topological polar surface area (TPSA) is 78.9 Å². The Hall–Kier alpha value is -3.15. The Morgan fingerprint density at radius 2 is 0.591 bits per heavy atom. The minimum absolute atomic E-state index is 0.0965. The average Bonchev–Trinajstić information content (AvgIpc) is 3.31. The van der Waals surface area contributed by atoms with Crippen molar-refractivity contribution in [3.8, 4) is 0 Å². The molecule has 0 N–H and O–H groups in total. The van der Waals surface area contributed by atoms with Gasteiger partial charge in [0.1, 0.15) is 13.2 Å². The lowest BCUT2D eigenvalue weighted by atomic mass is 10.1. The normalized spacial score (nSPS) is 12.6. The van der Waals surface area contributed by atoms with Gasteiger partial charge in [0.05, 0.1) is 0 Å². The van der Waals surface area contributed by atoms with E-state index in [9.17, 15) is 14.4 Å². The number of esters is 3. The number of ether oxygens (including phenoxy) is 3. The van der Waals surface area contributed by atoms with Crippen molar-refractivity contribution in [3.63, 3.8) is 0 Å². The van der Waals surface area contributed by atoms with Gasteiger partial charge in [-0.05, 0) is 109 Å². The molecular formula is C60H104O6. The Kier molecular flexibility index (Phi) is 51.9. The van der Waals surface area contributed by atoms with Crippen LogP contribution in [-0.4, -0.2) is 37.2 Å². The maximum atomic E-state index is 12.8. The first-order chi connectivity index (χ1) is 32.5. The fourth-order valence-corrected chi connectivity index (χ4v) is 7.72. The number of hydrogen-bond acceptors (Lipinski definition) is 6. The maximum Gasteiger partial charge on any atom is 0.306 e. The number of unbranched alkanes of at least 4 members (excludes halogenated alkanes) is 27. The van der Waals surface area contributed by atoms with Gasteiger partial charge in [-0.1, -0.05) is 216 Å². The average molecular weight is 921 g/mol. The highest BCUT2D eigenvalue weighted by atomic mass is 16.6. The summed E-state index contributed by atoms with van der Waals surface area (Å²) in [4.78, 5) is 38.1. The Balaban J connectivity index is 4.42. The molecule has 0 aromatic rings. The molecule has 0 aromatic heterocycles. The highest BCUT2D eigenvalue weighted by Gasteiger charge is 2.19. The molecule has 0 amide bonds. The molecule has 66 heavy (non-hydrogen) atoms. The molecule has 6 heteroatoms. The monoisotopic (exact) mass is 921 g/mol. The van der Waals surface area contributed by atoms with E-state index in [0.29, 0.717) is 19.3 Å². The SMILES string of the molecule is CC/C=C\C/C=C\C/C=C\C/C=C\CCCCC(=O)O[C@H](COC(=O)CCCCCCC/C=C\CCCCCCC)COC(=O)CCCCCCCCC/C=C\CCCCCCCCCC. The van der Waals surface area contributed by atoms with Crippen LogP contribution >= 0.6 is 0 Å². The first kappa shape index (κ1) is 62.8. The van der Waals surface area contributed by atoms with Crippen LogP contribution < -0.4 is 0 Å². The zero-order valence-corrected chi connectivity index (χ0v) is 43.4. The Labute approximate surface area is 408 Å². The van der Waals surface area contributed by atoms with Gasteiger partial charge in [-0.15, -0.1) is 0 Å². The summed E-state index contributed by atoms with van der Waals surface area (Å²) in [6.45, 7) is 6.48. The van der Waals surface area contributed by atoms with E-state index in [1.165, 1.54) is 141 Å². The Morgan fingerprint density at radius 3 is 0.970 bits per heavy atom. The number of allylic oxidation sites excluding steroid dienone is 12. The smallest absolute Gasteiger partial charge is 0.306 e. The molecule has 0 radical (unpaired) electrons. The van der Waals surface area contributed by atoms with Crippen LogP contribution in [0.2, 0.25) is 0 Å². The fraction of sp³-hybridized carbons (Fsp3) is 0.750. The Bertz CT molecular complexity index is 1240. The second-order valence-corrected chi connectivity index (χ2v) is 18.5. The first-order valence-electron chi connectivity index (χ1n) is 27.9. The van der Waals surface area contributed by atoms with Crippen LogP contribution in [0.25, 0.3) is 0 Å². The molecule has 1 atom stereocenters. The van der Waals surface area contributed by atoms with E-state index in [0.717, 1.165) is 83.5 Å². The number of hydrogen-bond donors (Lipinski definition) is 0. The molecule has 0 rings (SSSR count). The van der Waals surface area contributed by atoms with Gasteiger partial charge < -0.3 is 14.2 Å². The van der Waals surface area contributed by atoms with E-state index >= 15 is 0 Å². The standard InChI is InChI=1S/C60H104O6/c1-4-7-10-13-16-19-22-25-28-29-30-31-33-35-38-41-44-47-50-53-59(62)65-56-57(55-64-58(61)52-49-46-43-40-37-34-27-24-21-18-15-12-9-6-3)66-60(63)54-51-48-45-42-39-36-32-26-23-20-17-14-11-8-5-2/h8,11,17,20,24,26-27,29-30,32,39,42,57H,4-7,9-10,12-16,18-19,21-23,25,28,31,33-38,40-41,43-56H2,1-3H3/b11-8-,20-17-,27-24-,30-29-,32-26-,42-39-/t57-/m1/s1. The largest absolute Gasteiger partial charge is 0.462 e. The van der Waals surface area contributed by atoms with E-state index in [2.05, 4.69) is 93.7 Å². The maximum absolute atomic E-state index is 12.8. The lowest BCUT2D eigenvalue weighted by molar-refractivity contribution is -0.167. The van der Waals surface area contributed by atoms with Gasteiger partial charge in [-0.2, -0.15) is 0 Å². The highest BCUT2D eigenvalue weighted by Crippen LogP contribution is 2.14. The van der Waals surface area contributed by atoms with Gasteiger partial charge in [-0.25, -0.2) is 0 Å². The lowest BCUT2D eigenvalue weighted by Gasteiger charge is -2.18. The van der Waals surface area contributed by atoms with E-state index in [4.69, 9.17) is 14.2 Å². The van der Waals surface area contributed by atoms with Crippen LogP contribution in [0.5, 0.6) is 0 Å². The number of rotatable bonds is 50. The third-order valence-corrected chi connectivity index (χ3v) is 11.9. The van der Waals surface area contributed by atoms with Gasteiger partial charge >= 0.3 is 17.9 Å². The van der Waals surface area contributed by atoms with Crippen molar-refractivity contribution in [2.24, 2.45) is 0 Å². The Morgan fingerprint density at radius 1 is 0.318 bits per heavy atom. The predicted octanol–water partition coefficient (Wildman–Crippen LogP) is 18.6. The molecule has 0 aliphatic heterocycles. The zero-order chi connectivity index (χ0) is 47.9. The quantitative estimate of drug-likeness (QED) is 0.0262. The van der Waals surface area contributed by atoms with Gasteiger partial charge in [0.2, 0.25) is 0 Å². The molecule has 0 saturated heterocycles. The lowest BCUT2D eigenvalue weighted by Crippen LogP contribution is -2.30. The third-order valence-electron chi connectivity index (χ3n) is 11.9. The minimum Gasteiger partial charge on any atom is -0.462 e. The molecule has 0 aliphatic carbocycles. The molecule has 0 heterocycles. The molecule has 380 valence electrons. The molecule has 0 saturated carbocycles. The molecule has 0 bridgehead atoms. The number of carbonyl (C=O) groups is 3. The van der Waals surface area contributed by atoms with Crippen molar-refractivity contribution >= 4 is 17.9 Å². The second-order valence-electron chi connectivity index (χ2n) is 18.5. The van der Waals surface area contributed by atoms with Crippen LogP contribution in [0, 0.1) is 0 Å². The van der Waals surface area contributed by atoms with Crippen LogP contribution in [0.3, 0.4) is 0 Å². The predicted molar refractivity (Wildman–Crippen MR) is 284 cm³/mol. The van der Waals surface area contributed by atoms with Crippen molar-refractivity contribution < 1.29 is 28.6 Å². The molecule has 0 aromatic carbocycles. The van der Waals surface area contributed by atoms with Gasteiger partial charge in [0.25, 0.3) is 0 Å². The van der Waals surface area contributed by atoms with Crippen molar-refractivity contribution in [3.05, 3.63) is 72.9 Å². The van der Waals surface area contributed by atoms with Crippen LogP contribution in [0.15, 0.2) is 72.9 Å². The summed E-state index contributed by atoms with van der Waals surface area (Å²) in [5.41, 5.74) is 0. The van der Waals surface area contributed by atoms with Crippen molar-refractivity contribution in [1.29, 1.82) is 0 Å². The molecule has 0 aliphatic rings. The third kappa shape index (κ3) is 51.8. The van der Waals surface area contributed by atoms with Crippen LogP contribution in [-0.2, 0) is 28.6 Å². The van der Waals surface area contributed by atoms with Crippen molar-refractivity contribution in [2.45, 2.75) is 277 Å². The van der Waals surface area contributed by atoms with Crippen LogP contribution in [0.4, 0.5) is 0 Å². The summed E-state index contributed by atoms with van der Waals surface area (Å²) in [5, 5.41) is 0.